The van der Waals surface area contributed by atoms with E-state index in [9.17, 15) is 4.79 Å². The number of carbonyl (C=O) groups is 1. The van der Waals surface area contributed by atoms with E-state index in [1.165, 1.54) is 0 Å². The Hall–Kier alpha value is -1.91. The van der Waals surface area contributed by atoms with Crippen LogP contribution in [0.1, 0.15) is 17.2 Å². The third kappa shape index (κ3) is 6.00. The first-order valence-electron chi connectivity index (χ1n) is 7.48. The van der Waals surface area contributed by atoms with E-state index in [1.807, 2.05) is 74.8 Å². The molecular formula is C19H21BrN2O. The SMILES string of the molecule is CN(C)C[C@@H](NC(=O)/C=C/c1ccc(Br)cc1)c1ccccc1. The minimum atomic E-state index is -0.0939. The molecule has 0 fully saturated rings. The summed E-state index contributed by atoms with van der Waals surface area (Å²) in [5.41, 5.74) is 2.10. The van der Waals surface area contributed by atoms with Gasteiger partial charge in [-0.15, -0.1) is 0 Å². The summed E-state index contributed by atoms with van der Waals surface area (Å²) in [4.78, 5) is 14.3. The number of nitrogens with one attached hydrogen (secondary N) is 1. The van der Waals surface area contributed by atoms with Gasteiger partial charge >= 0.3 is 0 Å². The first kappa shape index (κ1) is 17.4. The molecule has 0 heterocycles. The second-order valence-corrected chi connectivity index (χ2v) is 6.53. The summed E-state index contributed by atoms with van der Waals surface area (Å²) in [7, 11) is 4.00. The maximum Gasteiger partial charge on any atom is 0.244 e. The first-order valence-corrected chi connectivity index (χ1v) is 8.28. The van der Waals surface area contributed by atoms with Crippen LogP contribution in [0.2, 0.25) is 0 Å². The molecule has 0 radical (unpaired) electrons. The number of carbonyl (C=O) groups excluding carboxylic acids is 1. The number of rotatable bonds is 6. The van der Waals surface area contributed by atoms with Crippen molar-refractivity contribution in [1.82, 2.24) is 10.2 Å². The number of benzene rings is 2. The lowest BCUT2D eigenvalue weighted by Crippen LogP contribution is -2.34. The molecule has 0 aromatic heterocycles. The Morgan fingerprint density at radius 2 is 1.78 bits per heavy atom. The Kier molecular flexibility index (Phi) is 6.56. The normalized spacial score (nSPS) is 12.5. The number of halogens is 1. The molecule has 0 aliphatic heterocycles. The van der Waals surface area contributed by atoms with Crippen molar-refractivity contribution >= 4 is 27.9 Å². The molecule has 1 atom stereocenters. The van der Waals surface area contributed by atoms with Crippen LogP contribution in [0.5, 0.6) is 0 Å². The van der Waals surface area contributed by atoms with Crippen LogP contribution in [0.25, 0.3) is 6.08 Å². The molecular weight excluding hydrogens is 352 g/mol. The Morgan fingerprint density at radius 1 is 1.13 bits per heavy atom. The fourth-order valence-corrected chi connectivity index (χ4v) is 2.51. The van der Waals surface area contributed by atoms with Crippen molar-refractivity contribution in [3.63, 3.8) is 0 Å². The van der Waals surface area contributed by atoms with Gasteiger partial charge in [0.1, 0.15) is 0 Å². The summed E-state index contributed by atoms with van der Waals surface area (Å²) in [6.07, 6.45) is 3.40. The zero-order valence-corrected chi connectivity index (χ0v) is 15.0. The highest BCUT2D eigenvalue weighted by Crippen LogP contribution is 2.14. The van der Waals surface area contributed by atoms with Gasteiger partial charge in [-0.05, 0) is 43.4 Å². The van der Waals surface area contributed by atoms with E-state index in [1.54, 1.807) is 6.08 Å². The molecule has 0 bridgehead atoms. The predicted octanol–water partition coefficient (Wildman–Crippen LogP) is 3.88. The number of amides is 1. The molecule has 3 nitrogen and oxygen atoms in total. The number of nitrogens with zero attached hydrogens (tertiary/aromatic N) is 1. The van der Waals surface area contributed by atoms with E-state index >= 15 is 0 Å². The monoisotopic (exact) mass is 372 g/mol. The molecule has 120 valence electrons. The molecule has 0 unspecified atom stereocenters. The summed E-state index contributed by atoms with van der Waals surface area (Å²) < 4.78 is 1.02. The van der Waals surface area contributed by atoms with Crippen LogP contribution < -0.4 is 5.32 Å². The molecule has 2 aromatic rings. The first-order chi connectivity index (χ1) is 11.0. The highest BCUT2D eigenvalue weighted by Gasteiger charge is 2.13. The van der Waals surface area contributed by atoms with Gasteiger partial charge in [0.25, 0.3) is 0 Å². The van der Waals surface area contributed by atoms with E-state index < -0.39 is 0 Å². The maximum atomic E-state index is 12.2. The van der Waals surface area contributed by atoms with E-state index in [0.717, 1.165) is 22.1 Å². The lowest BCUT2D eigenvalue weighted by Gasteiger charge is -2.22. The van der Waals surface area contributed by atoms with Crippen LogP contribution in [0, 0.1) is 0 Å². The van der Waals surface area contributed by atoms with E-state index in [-0.39, 0.29) is 11.9 Å². The molecule has 0 aliphatic rings. The van der Waals surface area contributed by atoms with Gasteiger partial charge in [0.15, 0.2) is 0 Å². The Bertz CT molecular complexity index is 651. The summed E-state index contributed by atoms with van der Waals surface area (Å²) in [5.74, 6) is -0.0939. The van der Waals surface area contributed by atoms with E-state index in [4.69, 9.17) is 0 Å². The second-order valence-electron chi connectivity index (χ2n) is 5.62. The van der Waals surface area contributed by atoms with Gasteiger partial charge in [-0.3, -0.25) is 4.79 Å². The van der Waals surface area contributed by atoms with Crippen molar-refractivity contribution in [1.29, 1.82) is 0 Å². The van der Waals surface area contributed by atoms with Crippen LogP contribution in [0.4, 0.5) is 0 Å². The van der Waals surface area contributed by atoms with Crippen molar-refractivity contribution in [3.05, 3.63) is 76.3 Å². The van der Waals surface area contributed by atoms with Crippen LogP contribution in [0.15, 0.2) is 65.1 Å². The Balaban J connectivity index is 2.04. The third-order valence-corrected chi connectivity index (χ3v) is 3.89. The van der Waals surface area contributed by atoms with Crippen LogP contribution >= 0.6 is 15.9 Å². The van der Waals surface area contributed by atoms with Crippen LogP contribution in [0.3, 0.4) is 0 Å². The molecule has 23 heavy (non-hydrogen) atoms. The predicted molar refractivity (Wildman–Crippen MR) is 99.1 cm³/mol. The Morgan fingerprint density at radius 3 is 2.39 bits per heavy atom. The summed E-state index contributed by atoms with van der Waals surface area (Å²) in [6.45, 7) is 0.752. The fourth-order valence-electron chi connectivity index (χ4n) is 2.25. The minimum absolute atomic E-state index is 0.0340. The highest BCUT2D eigenvalue weighted by molar-refractivity contribution is 9.10. The van der Waals surface area contributed by atoms with Gasteiger partial charge in [0.2, 0.25) is 5.91 Å². The van der Waals surface area contributed by atoms with Crippen molar-refractivity contribution < 1.29 is 4.79 Å². The number of hydrogen-bond acceptors (Lipinski definition) is 2. The van der Waals surface area contributed by atoms with E-state index in [0.29, 0.717) is 0 Å². The molecule has 1 amide bonds. The Labute approximate surface area is 146 Å². The van der Waals surface area contributed by atoms with Gasteiger partial charge < -0.3 is 10.2 Å². The average Bonchev–Trinajstić information content (AvgIpc) is 2.54. The number of hydrogen-bond donors (Lipinski definition) is 1. The molecule has 1 N–H and O–H groups in total. The topological polar surface area (TPSA) is 32.3 Å². The molecule has 4 heteroatoms. The molecule has 0 spiro atoms. The maximum absolute atomic E-state index is 12.2. The smallest absolute Gasteiger partial charge is 0.244 e. The zero-order valence-electron chi connectivity index (χ0n) is 13.4. The van der Waals surface area contributed by atoms with Crippen molar-refractivity contribution in [2.75, 3.05) is 20.6 Å². The molecule has 2 rings (SSSR count). The van der Waals surface area contributed by atoms with E-state index in [2.05, 4.69) is 26.1 Å². The lowest BCUT2D eigenvalue weighted by atomic mass is 10.1. The summed E-state index contributed by atoms with van der Waals surface area (Å²) >= 11 is 3.40. The van der Waals surface area contributed by atoms with Gasteiger partial charge in [0.05, 0.1) is 6.04 Å². The molecule has 0 aliphatic carbocycles. The van der Waals surface area contributed by atoms with Crippen LogP contribution in [-0.2, 0) is 4.79 Å². The fraction of sp³-hybridized carbons (Fsp3) is 0.211. The second kappa shape index (κ2) is 8.65. The highest BCUT2D eigenvalue weighted by atomic mass is 79.9. The lowest BCUT2D eigenvalue weighted by molar-refractivity contribution is -0.117. The summed E-state index contributed by atoms with van der Waals surface area (Å²) in [6, 6.07) is 17.8. The number of likely N-dealkylation sites (N-methyl/N-ethyl adjacent to an activating group) is 1. The van der Waals surface area contributed by atoms with Crippen molar-refractivity contribution in [3.8, 4) is 0 Å². The van der Waals surface area contributed by atoms with Gasteiger partial charge in [-0.25, -0.2) is 0 Å². The third-order valence-electron chi connectivity index (χ3n) is 3.36. The minimum Gasteiger partial charge on any atom is -0.344 e. The molecule has 0 saturated carbocycles. The van der Waals surface area contributed by atoms with Gasteiger partial charge in [-0.1, -0.05) is 58.4 Å². The standard InChI is InChI=1S/C19H21BrN2O/c1-22(2)14-18(16-6-4-3-5-7-16)21-19(23)13-10-15-8-11-17(20)12-9-15/h3-13,18H,14H2,1-2H3,(H,21,23)/b13-10+/t18-/m1/s1. The zero-order chi connectivity index (χ0) is 16.7. The quantitative estimate of drug-likeness (QED) is 0.780. The summed E-state index contributed by atoms with van der Waals surface area (Å²) in [5, 5.41) is 3.07. The average molecular weight is 373 g/mol. The van der Waals surface area contributed by atoms with Crippen molar-refractivity contribution in [2.45, 2.75) is 6.04 Å². The van der Waals surface area contributed by atoms with Crippen molar-refractivity contribution in [2.24, 2.45) is 0 Å². The van der Waals surface area contributed by atoms with Gasteiger partial charge in [-0.2, -0.15) is 0 Å². The van der Waals surface area contributed by atoms with Gasteiger partial charge in [0, 0.05) is 17.1 Å². The largest absolute Gasteiger partial charge is 0.344 e. The molecule has 2 aromatic carbocycles. The van der Waals surface area contributed by atoms with Crippen LogP contribution in [-0.4, -0.2) is 31.4 Å². The molecule has 0 saturated heterocycles.